The van der Waals surface area contributed by atoms with Crippen LogP contribution >= 0.6 is 0 Å². The Morgan fingerprint density at radius 3 is 1.96 bits per heavy atom. The predicted molar refractivity (Wildman–Crippen MR) is 98.1 cm³/mol. The minimum Gasteiger partial charge on any atom is -0.487 e. The van der Waals surface area contributed by atoms with Crippen LogP contribution in [0.25, 0.3) is 0 Å². The van der Waals surface area contributed by atoms with Crippen LogP contribution in [0.5, 0.6) is 5.75 Å². The predicted octanol–water partition coefficient (Wildman–Crippen LogP) is 6.31. The number of hydrogen-bond acceptors (Lipinski definition) is 2. The van der Waals surface area contributed by atoms with Crippen molar-refractivity contribution >= 4 is 8.32 Å². The molecular formula is C19H32F2O2Si. The highest BCUT2D eigenvalue weighted by atomic mass is 28.4. The SMILES string of the molecule is CC(CCO[Si](C(C)C)(C(C)C)C(C)C)Oc1cc(F)ccc1F. The summed E-state index contributed by atoms with van der Waals surface area (Å²) in [5.74, 6) is -1.08. The summed E-state index contributed by atoms with van der Waals surface area (Å²) in [6.45, 7) is 15.9. The third-order valence-electron chi connectivity index (χ3n) is 4.80. The van der Waals surface area contributed by atoms with E-state index in [1.54, 1.807) is 0 Å². The fraction of sp³-hybridized carbons (Fsp3) is 0.684. The lowest BCUT2D eigenvalue weighted by molar-refractivity contribution is 0.162. The van der Waals surface area contributed by atoms with Crippen molar-refractivity contribution < 1.29 is 17.9 Å². The second kappa shape index (κ2) is 8.95. The monoisotopic (exact) mass is 358 g/mol. The largest absolute Gasteiger partial charge is 0.487 e. The van der Waals surface area contributed by atoms with Crippen molar-refractivity contribution in [2.45, 2.75) is 77.6 Å². The van der Waals surface area contributed by atoms with E-state index in [0.717, 1.165) is 18.2 Å². The Balaban J connectivity index is 2.66. The average molecular weight is 359 g/mol. The molecule has 0 saturated carbocycles. The van der Waals surface area contributed by atoms with E-state index in [2.05, 4.69) is 41.5 Å². The summed E-state index contributed by atoms with van der Waals surface area (Å²) >= 11 is 0. The van der Waals surface area contributed by atoms with Crippen molar-refractivity contribution in [2.24, 2.45) is 0 Å². The molecule has 1 rings (SSSR count). The second-order valence-electron chi connectivity index (χ2n) is 7.46. The van der Waals surface area contributed by atoms with E-state index >= 15 is 0 Å². The average Bonchev–Trinajstić information content (AvgIpc) is 2.46. The highest BCUT2D eigenvalue weighted by Gasteiger charge is 2.44. The number of halogens is 2. The van der Waals surface area contributed by atoms with Crippen LogP contribution in [-0.4, -0.2) is 21.0 Å². The Morgan fingerprint density at radius 2 is 1.46 bits per heavy atom. The van der Waals surface area contributed by atoms with E-state index in [1.165, 1.54) is 0 Å². The van der Waals surface area contributed by atoms with Gasteiger partial charge in [-0.05, 0) is 35.7 Å². The molecule has 0 aliphatic carbocycles. The van der Waals surface area contributed by atoms with Gasteiger partial charge in [0.1, 0.15) is 5.82 Å². The molecule has 5 heteroatoms. The Kier molecular flexibility index (Phi) is 7.87. The molecule has 0 fully saturated rings. The molecule has 0 heterocycles. The van der Waals surface area contributed by atoms with Gasteiger partial charge in [-0.3, -0.25) is 0 Å². The first-order valence-electron chi connectivity index (χ1n) is 8.86. The first kappa shape index (κ1) is 21.1. The van der Waals surface area contributed by atoms with Gasteiger partial charge in [0.05, 0.1) is 6.10 Å². The van der Waals surface area contributed by atoms with Crippen molar-refractivity contribution in [3.63, 3.8) is 0 Å². The van der Waals surface area contributed by atoms with Crippen molar-refractivity contribution in [1.82, 2.24) is 0 Å². The zero-order valence-corrected chi connectivity index (χ0v) is 17.0. The first-order chi connectivity index (χ1) is 11.1. The van der Waals surface area contributed by atoms with Gasteiger partial charge in [-0.1, -0.05) is 41.5 Å². The molecule has 0 radical (unpaired) electrons. The summed E-state index contributed by atoms with van der Waals surface area (Å²) in [6.07, 6.45) is 0.413. The number of benzene rings is 1. The Hall–Kier alpha value is -0.943. The maximum absolute atomic E-state index is 13.6. The minimum absolute atomic E-state index is 0.0393. The summed E-state index contributed by atoms with van der Waals surface area (Å²) < 4.78 is 38.9. The standard InChI is InChI=1S/C19H32F2O2Si/c1-13(2)24(14(3)4,15(5)6)22-11-10-16(7)23-19-12-17(20)8-9-18(19)21/h8-9,12-16H,10-11H2,1-7H3. The van der Waals surface area contributed by atoms with Gasteiger partial charge in [0.2, 0.25) is 0 Å². The number of ether oxygens (including phenoxy) is 1. The molecule has 0 spiro atoms. The summed E-state index contributed by atoms with van der Waals surface area (Å²) in [6, 6.07) is 3.26. The molecule has 1 unspecified atom stereocenters. The lowest BCUT2D eigenvalue weighted by Gasteiger charge is -2.42. The van der Waals surface area contributed by atoms with Gasteiger partial charge >= 0.3 is 0 Å². The third kappa shape index (κ3) is 5.03. The summed E-state index contributed by atoms with van der Waals surface area (Å²) in [5, 5.41) is 0. The van der Waals surface area contributed by atoms with Crippen LogP contribution in [0.3, 0.4) is 0 Å². The molecule has 1 atom stereocenters. The fourth-order valence-electron chi connectivity index (χ4n) is 3.74. The minimum atomic E-state index is -1.90. The van der Waals surface area contributed by atoms with Gasteiger partial charge in [-0.25, -0.2) is 8.78 Å². The van der Waals surface area contributed by atoms with Gasteiger partial charge in [-0.15, -0.1) is 0 Å². The van der Waals surface area contributed by atoms with Crippen LogP contribution < -0.4 is 4.74 Å². The molecule has 0 N–H and O–H groups in total. The highest BCUT2D eigenvalue weighted by molar-refractivity contribution is 6.77. The first-order valence-corrected chi connectivity index (χ1v) is 11.0. The lowest BCUT2D eigenvalue weighted by Crippen LogP contribution is -2.48. The lowest BCUT2D eigenvalue weighted by atomic mass is 10.3. The van der Waals surface area contributed by atoms with Crippen LogP contribution in [0.15, 0.2) is 18.2 Å². The number of rotatable bonds is 9. The van der Waals surface area contributed by atoms with Crippen molar-refractivity contribution in [3.8, 4) is 5.75 Å². The van der Waals surface area contributed by atoms with Crippen LogP contribution in [0.2, 0.25) is 16.6 Å². The second-order valence-corrected chi connectivity index (χ2v) is 12.9. The van der Waals surface area contributed by atoms with E-state index in [9.17, 15) is 8.78 Å². The zero-order chi connectivity index (χ0) is 18.5. The normalized spacial score (nSPS) is 13.8. The van der Waals surface area contributed by atoms with E-state index in [4.69, 9.17) is 9.16 Å². The molecule has 0 bridgehead atoms. The molecule has 1 aromatic carbocycles. The number of hydrogen-bond donors (Lipinski definition) is 0. The summed E-state index contributed by atoms with van der Waals surface area (Å²) in [4.78, 5) is 0. The van der Waals surface area contributed by atoms with E-state index in [0.29, 0.717) is 29.7 Å². The van der Waals surface area contributed by atoms with Crippen LogP contribution in [0.1, 0.15) is 54.9 Å². The molecule has 2 nitrogen and oxygen atoms in total. The Labute approximate surface area is 146 Å². The van der Waals surface area contributed by atoms with Gasteiger partial charge in [0, 0.05) is 19.1 Å². The summed E-state index contributed by atoms with van der Waals surface area (Å²) in [5.41, 5.74) is 1.57. The van der Waals surface area contributed by atoms with E-state index in [1.807, 2.05) is 6.92 Å². The molecule has 1 aromatic rings. The maximum atomic E-state index is 13.6. The van der Waals surface area contributed by atoms with Crippen LogP contribution in [0, 0.1) is 11.6 Å². The Bertz CT molecular complexity index is 496. The fourth-order valence-corrected chi connectivity index (χ4v) is 9.22. The van der Waals surface area contributed by atoms with Gasteiger partial charge < -0.3 is 9.16 Å². The van der Waals surface area contributed by atoms with Crippen molar-refractivity contribution in [3.05, 3.63) is 29.8 Å². The molecule has 0 saturated heterocycles. The molecule has 0 amide bonds. The Morgan fingerprint density at radius 1 is 0.917 bits per heavy atom. The van der Waals surface area contributed by atoms with E-state index < -0.39 is 20.0 Å². The smallest absolute Gasteiger partial charge is 0.200 e. The van der Waals surface area contributed by atoms with E-state index in [-0.39, 0.29) is 11.9 Å². The molecular weight excluding hydrogens is 326 g/mol. The quantitative estimate of drug-likeness (QED) is 0.481. The molecule has 0 aromatic heterocycles. The van der Waals surface area contributed by atoms with Gasteiger partial charge in [0.25, 0.3) is 0 Å². The summed E-state index contributed by atoms with van der Waals surface area (Å²) in [7, 11) is -1.90. The molecule has 24 heavy (non-hydrogen) atoms. The zero-order valence-electron chi connectivity index (χ0n) is 16.0. The van der Waals surface area contributed by atoms with Crippen LogP contribution in [-0.2, 0) is 4.43 Å². The highest BCUT2D eigenvalue weighted by Crippen LogP contribution is 2.42. The molecule has 138 valence electrons. The topological polar surface area (TPSA) is 18.5 Å². The molecule has 0 aliphatic heterocycles. The van der Waals surface area contributed by atoms with Crippen molar-refractivity contribution in [2.75, 3.05) is 6.61 Å². The van der Waals surface area contributed by atoms with Crippen molar-refractivity contribution in [1.29, 1.82) is 0 Å². The van der Waals surface area contributed by atoms with Gasteiger partial charge in [0.15, 0.2) is 19.9 Å². The molecule has 0 aliphatic rings. The van der Waals surface area contributed by atoms with Gasteiger partial charge in [-0.2, -0.15) is 0 Å². The maximum Gasteiger partial charge on any atom is 0.200 e. The van der Waals surface area contributed by atoms with Crippen LogP contribution in [0.4, 0.5) is 8.78 Å². The third-order valence-corrected chi connectivity index (χ3v) is 10.9.